The van der Waals surface area contributed by atoms with Gasteiger partial charge in [-0.3, -0.25) is 4.79 Å². The molecule has 0 fully saturated rings. The van der Waals surface area contributed by atoms with Gasteiger partial charge in [-0.25, -0.2) is 4.98 Å². The molecular formula is C21H19N2O5S-. The third-order valence-electron chi connectivity index (χ3n) is 4.75. The molecule has 1 aromatic carbocycles. The molecule has 0 aliphatic carbocycles. The van der Waals surface area contributed by atoms with Crippen LogP contribution in [-0.4, -0.2) is 28.6 Å². The van der Waals surface area contributed by atoms with Gasteiger partial charge >= 0.3 is 0 Å². The molecule has 1 aliphatic rings. The van der Waals surface area contributed by atoms with E-state index in [1.54, 1.807) is 19.1 Å². The van der Waals surface area contributed by atoms with Crippen molar-refractivity contribution in [1.82, 2.24) is 9.97 Å². The van der Waals surface area contributed by atoms with E-state index in [1.807, 2.05) is 26.0 Å². The van der Waals surface area contributed by atoms with Gasteiger partial charge < -0.3 is 24.4 Å². The largest absolute Gasteiger partial charge is 0.544 e. The molecule has 29 heavy (non-hydrogen) atoms. The summed E-state index contributed by atoms with van der Waals surface area (Å²) in [6.45, 7) is 6.04. The number of carboxylic acids is 1. The van der Waals surface area contributed by atoms with Crippen LogP contribution in [0.5, 0.6) is 11.5 Å². The zero-order valence-electron chi connectivity index (χ0n) is 16.2. The van der Waals surface area contributed by atoms with E-state index in [2.05, 4.69) is 9.97 Å². The van der Waals surface area contributed by atoms with E-state index < -0.39 is 5.97 Å². The normalized spacial score (nSPS) is 15.6. The van der Waals surface area contributed by atoms with Gasteiger partial charge in [-0.15, -0.1) is 11.3 Å². The van der Waals surface area contributed by atoms with E-state index in [0.29, 0.717) is 22.8 Å². The van der Waals surface area contributed by atoms with Crippen LogP contribution in [0.1, 0.15) is 46.0 Å². The van der Waals surface area contributed by atoms with Gasteiger partial charge in [-0.05, 0) is 50.6 Å². The number of hydrogen-bond acceptors (Lipinski definition) is 7. The number of nitrogens with one attached hydrogen (secondary N) is 1. The number of carbonyl (C=O) groups excluding carboxylic acids is 1. The van der Waals surface area contributed by atoms with Crippen molar-refractivity contribution in [3.8, 4) is 11.5 Å². The topological polar surface area (TPSA) is 104 Å². The molecule has 0 spiro atoms. The number of thiophene rings is 1. The molecule has 8 heteroatoms. The maximum Gasteiger partial charge on any atom is 0.260 e. The molecule has 0 bridgehead atoms. The SMILES string of the molecule is CCOc1cc2c(cc1/C=C/c1nc3sc(C(=O)[O-])c(C)c3c(=O)[nH]1)O[C@@H](C)C2. The zero-order valence-corrected chi connectivity index (χ0v) is 17.0. The van der Waals surface area contributed by atoms with Crippen molar-refractivity contribution in [2.24, 2.45) is 0 Å². The number of fused-ring (bicyclic) bond motifs is 2. The Bertz CT molecular complexity index is 1210. The lowest BCUT2D eigenvalue weighted by Gasteiger charge is -2.10. The number of H-pyrrole nitrogens is 1. The molecule has 7 nitrogen and oxygen atoms in total. The molecule has 0 saturated carbocycles. The maximum absolute atomic E-state index is 12.4. The molecule has 0 radical (unpaired) electrons. The highest BCUT2D eigenvalue weighted by atomic mass is 32.1. The van der Waals surface area contributed by atoms with E-state index in [1.165, 1.54) is 0 Å². The standard InChI is InChI=1S/C21H20N2O5S/c1-4-27-14-9-13-7-10(2)28-15(13)8-12(14)5-6-16-22-19(24)17-11(3)18(21(25)26)29-20(17)23-16/h5-6,8-10H,4,7H2,1-3H3,(H,25,26)(H,22,23,24)/p-1/b6-5+/t10-/m0/s1. The number of carbonyl (C=O) groups is 1. The number of nitrogens with zero attached hydrogens (tertiary/aromatic N) is 1. The third-order valence-corrected chi connectivity index (χ3v) is 5.92. The molecular weight excluding hydrogens is 392 g/mol. The Morgan fingerprint density at radius 1 is 1.45 bits per heavy atom. The lowest BCUT2D eigenvalue weighted by molar-refractivity contribution is -0.254. The molecule has 0 saturated heterocycles. The van der Waals surface area contributed by atoms with Crippen LogP contribution < -0.4 is 20.1 Å². The summed E-state index contributed by atoms with van der Waals surface area (Å²) in [4.78, 5) is 31.1. The molecule has 150 valence electrons. The molecule has 0 unspecified atom stereocenters. The fraction of sp³-hybridized carbons (Fsp3) is 0.286. The summed E-state index contributed by atoms with van der Waals surface area (Å²) in [6, 6.07) is 3.90. The molecule has 1 aliphatic heterocycles. The second kappa shape index (κ2) is 7.36. The number of ether oxygens (including phenoxy) is 2. The number of aryl methyl sites for hydroxylation is 1. The first-order valence-electron chi connectivity index (χ1n) is 9.26. The predicted molar refractivity (Wildman–Crippen MR) is 110 cm³/mol. The summed E-state index contributed by atoms with van der Waals surface area (Å²) < 4.78 is 11.6. The number of hydrogen-bond donors (Lipinski definition) is 1. The molecule has 2 aromatic heterocycles. The van der Waals surface area contributed by atoms with Crippen molar-refractivity contribution in [3.63, 3.8) is 0 Å². The molecule has 4 rings (SSSR count). The average Bonchev–Trinajstić information content (AvgIpc) is 3.19. The highest BCUT2D eigenvalue weighted by Gasteiger charge is 2.21. The van der Waals surface area contributed by atoms with E-state index in [4.69, 9.17) is 9.47 Å². The number of carboxylic acid groups (broad SMARTS) is 1. The second-order valence-corrected chi connectivity index (χ2v) is 7.87. The number of aromatic carboxylic acids is 1. The lowest BCUT2D eigenvalue weighted by atomic mass is 10.1. The summed E-state index contributed by atoms with van der Waals surface area (Å²) in [7, 11) is 0. The average molecular weight is 411 g/mol. The van der Waals surface area contributed by atoms with Gasteiger partial charge in [0, 0.05) is 17.5 Å². The van der Waals surface area contributed by atoms with Crippen LogP contribution in [0, 0.1) is 6.92 Å². The Morgan fingerprint density at radius 2 is 2.24 bits per heavy atom. The van der Waals surface area contributed by atoms with Crippen molar-refractivity contribution < 1.29 is 19.4 Å². The maximum atomic E-state index is 12.4. The van der Waals surface area contributed by atoms with Gasteiger partial charge in [0.15, 0.2) is 0 Å². The molecule has 3 aromatic rings. The Morgan fingerprint density at radius 3 is 2.97 bits per heavy atom. The first-order valence-corrected chi connectivity index (χ1v) is 10.1. The summed E-state index contributed by atoms with van der Waals surface area (Å²) in [5.74, 6) is 0.571. The highest BCUT2D eigenvalue weighted by molar-refractivity contribution is 7.20. The molecule has 1 N–H and O–H groups in total. The Balaban J connectivity index is 1.74. The second-order valence-electron chi connectivity index (χ2n) is 6.87. The first kappa shape index (κ1) is 19.2. The quantitative estimate of drug-likeness (QED) is 0.692. The monoisotopic (exact) mass is 411 g/mol. The lowest BCUT2D eigenvalue weighted by Crippen LogP contribution is -2.21. The van der Waals surface area contributed by atoms with Crippen LogP contribution in [0.25, 0.3) is 22.4 Å². The zero-order chi connectivity index (χ0) is 20.7. The fourth-order valence-electron chi connectivity index (χ4n) is 3.47. The van der Waals surface area contributed by atoms with E-state index in [0.717, 1.165) is 40.4 Å². The van der Waals surface area contributed by atoms with Gasteiger partial charge in [-0.2, -0.15) is 0 Å². The van der Waals surface area contributed by atoms with Gasteiger partial charge in [0.05, 0.1) is 22.8 Å². The summed E-state index contributed by atoms with van der Waals surface area (Å²) in [5.41, 5.74) is 1.90. The Hall–Kier alpha value is -3.13. The van der Waals surface area contributed by atoms with Crippen LogP contribution in [0.3, 0.4) is 0 Å². The number of rotatable bonds is 5. The van der Waals surface area contributed by atoms with E-state index in [-0.39, 0.29) is 21.9 Å². The van der Waals surface area contributed by atoms with Crippen LogP contribution in [0.4, 0.5) is 0 Å². The van der Waals surface area contributed by atoms with Gasteiger partial charge in [-0.1, -0.05) is 0 Å². The van der Waals surface area contributed by atoms with Crippen LogP contribution in [-0.2, 0) is 6.42 Å². The fourth-order valence-corrected chi connectivity index (χ4v) is 4.49. The molecule has 0 amide bonds. The summed E-state index contributed by atoms with van der Waals surface area (Å²) in [6.07, 6.45) is 4.42. The Labute approximate surface area is 170 Å². The Kier molecular flexibility index (Phi) is 4.87. The minimum absolute atomic E-state index is 0.0163. The summed E-state index contributed by atoms with van der Waals surface area (Å²) >= 11 is 0.938. The van der Waals surface area contributed by atoms with Crippen molar-refractivity contribution in [2.45, 2.75) is 33.3 Å². The predicted octanol–water partition coefficient (Wildman–Crippen LogP) is 2.55. The van der Waals surface area contributed by atoms with Crippen LogP contribution in [0.2, 0.25) is 0 Å². The molecule has 1 atom stereocenters. The van der Waals surface area contributed by atoms with Crippen molar-refractivity contribution >= 4 is 39.7 Å². The van der Waals surface area contributed by atoms with Crippen LogP contribution in [0.15, 0.2) is 16.9 Å². The smallest absolute Gasteiger partial charge is 0.260 e. The number of aromatic nitrogens is 2. The molecule has 3 heterocycles. The van der Waals surface area contributed by atoms with Crippen LogP contribution >= 0.6 is 11.3 Å². The van der Waals surface area contributed by atoms with E-state index in [9.17, 15) is 14.7 Å². The van der Waals surface area contributed by atoms with Crippen molar-refractivity contribution in [3.05, 3.63) is 49.9 Å². The number of benzene rings is 1. The highest BCUT2D eigenvalue weighted by Crippen LogP contribution is 2.36. The van der Waals surface area contributed by atoms with Gasteiger partial charge in [0.25, 0.3) is 5.56 Å². The van der Waals surface area contributed by atoms with Crippen molar-refractivity contribution in [2.75, 3.05) is 6.61 Å². The van der Waals surface area contributed by atoms with Gasteiger partial charge in [0.1, 0.15) is 28.3 Å². The van der Waals surface area contributed by atoms with E-state index >= 15 is 0 Å². The van der Waals surface area contributed by atoms with Gasteiger partial charge in [0.2, 0.25) is 0 Å². The third kappa shape index (κ3) is 3.51. The minimum Gasteiger partial charge on any atom is -0.544 e. The number of aromatic amines is 1. The minimum atomic E-state index is -1.31. The first-order chi connectivity index (χ1) is 13.9. The summed E-state index contributed by atoms with van der Waals surface area (Å²) in [5, 5.41) is 11.5. The van der Waals surface area contributed by atoms with Crippen molar-refractivity contribution in [1.29, 1.82) is 0 Å².